The summed E-state index contributed by atoms with van der Waals surface area (Å²) in [5.41, 5.74) is 1.62. The first-order valence-electron chi connectivity index (χ1n) is 11.2. The average molecular weight is 470 g/mol. The molecule has 34 heavy (non-hydrogen) atoms. The van der Waals surface area contributed by atoms with E-state index in [0.717, 1.165) is 37.5 Å². The summed E-state index contributed by atoms with van der Waals surface area (Å²) in [5.74, 6) is 0. The van der Waals surface area contributed by atoms with Crippen LogP contribution in [0.2, 0.25) is 0 Å². The molecule has 1 aliphatic rings. The standard InChI is InChI=1S/C25H26F3N5O/c26-25(27,28)20-4-6-22(31-17-20)18-8-13-33(24(34)15-18)21-5-7-23(19(14-21)16-29)30-9-3-12-32-10-1-2-11-32/h4-8,13-17,29-30H,1-3,9-12H2. The van der Waals surface area contributed by atoms with E-state index in [4.69, 9.17) is 5.41 Å². The summed E-state index contributed by atoms with van der Waals surface area (Å²) in [5, 5.41) is 11.1. The van der Waals surface area contributed by atoms with Crippen LogP contribution in [0.3, 0.4) is 0 Å². The Morgan fingerprint density at radius 3 is 2.53 bits per heavy atom. The second-order valence-corrected chi connectivity index (χ2v) is 8.30. The van der Waals surface area contributed by atoms with Crippen molar-refractivity contribution < 1.29 is 13.2 Å². The zero-order valence-corrected chi connectivity index (χ0v) is 18.6. The summed E-state index contributed by atoms with van der Waals surface area (Å²) in [7, 11) is 0. The molecule has 2 aromatic heterocycles. The molecular formula is C25H26F3N5O. The topological polar surface area (TPSA) is 74.0 Å². The highest BCUT2D eigenvalue weighted by Gasteiger charge is 2.30. The lowest BCUT2D eigenvalue weighted by Gasteiger charge is -2.16. The number of anilines is 1. The van der Waals surface area contributed by atoms with Crippen molar-refractivity contribution in [1.82, 2.24) is 14.5 Å². The number of hydrogen-bond acceptors (Lipinski definition) is 5. The Morgan fingerprint density at radius 1 is 1.09 bits per heavy atom. The van der Waals surface area contributed by atoms with Crippen LogP contribution < -0.4 is 10.9 Å². The van der Waals surface area contributed by atoms with E-state index in [-0.39, 0.29) is 11.3 Å². The van der Waals surface area contributed by atoms with Crippen LogP contribution in [-0.4, -0.2) is 46.8 Å². The van der Waals surface area contributed by atoms with Gasteiger partial charge < -0.3 is 15.6 Å². The lowest BCUT2D eigenvalue weighted by atomic mass is 10.1. The molecule has 0 saturated carbocycles. The minimum atomic E-state index is -4.46. The van der Waals surface area contributed by atoms with Crippen molar-refractivity contribution in [2.45, 2.75) is 25.4 Å². The van der Waals surface area contributed by atoms with E-state index in [1.54, 1.807) is 24.4 Å². The SMILES string of the molecule is N=Cc1cc(-n2ccc(-c3ccc(C(F)(F)F)cn3)cc2=O)ccc1NCCCN1CCCC1. The first-order valence-corrected chi connectivity index (χ1v) is 11.2. The van der Waals surface area contributed by atoms with Crippen LogP contribution >= 0.6 is 0 Å². The summed E-state index contributed by atoms with van der Waals surface area (Å²) < 4.78 is 39.7. The quantitative estimate of drug-likeness (QED) is 0.367. The summed E-state index contributed by atoms with van der Waals surface area (Å²) in [6.45, 7) is 4.19. The minimum absolute atomic E-state index is 0.283. The van der Waals surface area contributed by atoms with Crippen LogP contribution in [0, 0.1) is 5.41 Å². The third-order valence-corrected chi connectivity index (χ3v) is 5.94. The van der Waals surface area contributed by atoms with E-state index < -0.39 is 11.7 Å². The second kappa shape index (κ2) is 10.2. The maximum Gasteiger partial charge on any atom is 0.417 e. The van der Waals surface area contributed by atoms with Gasteiger partial charge in [-0.3, -0.25) is 14.3 Å². The third-order valence-electron chi connectivity index (χ3n) is 5.94. The van der Waals surface area contributed by atoms with E-state index in [2.05, 4.69) is 15.2 Å². The van der Waals surface area contributed by atoms with Gasteiger partial charge >= 0.3 is 6.18 Å². The highest BCUT2D eigenvalue weighted by Crippen LogP contribution is 2.29. The largest absolute Gasteiger partial charge is 0.417 e. The Labute approximate surface area is 195 Å². The molecule has 0 aliphatic carbocycles. The number of rotatable bonds is 8. The molecular weight excluding hydrogens is 443 g/mol. The Balaban J connectivity index is 1.47. The highest BCUT2D eigenvalue weighted by molar-refractivity contribution is 5.86. The predicted molar refractivity (Wildman–Crippen MR) is 127 cm³/mol. The predicted octanol–water partition coefficient (Wildman–Crippen LogP) is 4.81. The molecule has 0 amide bonds. The third kappa shape index (κ3) is 5.53. The van der Waals surface area contributed by atoms with E-state index in [9.17, 15) is 18.0 Å². The van der Waals surface area contributed by atoms with Gasteiger partial charge in [0.15, 0.2) is 0 Å². The van der Waals surface area contributed by atoms with Crippen molar-refractivity contribution in [3.05, 3.63) is 76.3 Å². The lowest BCUT2D eigenvalue weighted by molar-refractivity contribution is -0.137. The van der Waals surface area contributed by atoms with Gasteiger partial charge in [0.2, 0.25) is 0 Å². The number of hydrogen-bond donors (Lipinski definition) is 2. The Kier molecular flexibility index (Phi) is 7.12. The van der Waals surface area contributed by atoms with Crippen molar-refractivity contribution >= 4 is 11.9 Å². The number of alkyl halides is 3. The molecule has 3 heterocycles. The van der Waals surface area contributed by atoms with Crippen molar-refractivity contribution in [1.29, 1.82) is 5.41 Å². The fraction of sp³-hybridized carbons (Fsp3) is 0.320. The molecule has 0 atom stereocenters. The average Bonchev–Trinajstić information content (AvgIpc) is 3.35. The van der Waals surface area contributed by atoms with Gasteiger partial charge in [0.05, 0.1) is 11.3 Å². The first-order chi connectivity index (χ1) is 16.3. The molecule has 0 bridgehead atoms. The van der Waals surface area contributed by atoms with Gasteiger partial charge in [-0.05, 0) is 75.3 Å². The maximum atomic E-state index is 12.8. The Bertz CT molecular complexity index is 1200. The van der Waals surface area contributed by atoms with Crippen LogP contribution in [0.4, 0.5) is 18.9 Å². The van der Waals surface area contributed by atoms with Crippen LogP contribution in [-0.2, 0) is 6.18 Å². The Hall–Kier alpha value is -3.46. The van der Waals surface area contributed by atoms with Crippen molar-refractivity contribution in [3.8, 4) is 16.9 Å². The van der Waals surface area contributed by atoms with Gasteiger partial charge in [-0.1, -0.05) is 0 Å². The smallest absolute Gasteiger partial charge is 0.384 e. The monoisotopic (exact) mass is 469 g/mol. The number of aromatic nitrogens is 2. The number of nitrogens with one attached hydrogen (secondary N) is 2. The van der Waals surface area contributed by atoms with E-state index >= 15 is 0 Å². The molecule has 0 spiro atoms. The summed E-state index contributed by atoms with van der Waals surface area (Å²) in [4.78, 5) is 19.0. The Morgan fingerprint density at radius 2 is 1.88 bits per heavy atom. The molecule has 9 heteroatoms. The van der Waals surface area contributed by atoms with Gasteiger partial charge in [0.1, 0.15) is 0 Å². The minimum Gasteiger partial charge on any atom is -0.384 e. The van der Waals surface area contributed by atoms with E-state index in [1.165, 1.54) is 48.8 Å². The number of pyridine rings is 2. The molecule has 2 N–H and O–H groups in total. The van der Waals surface area contributed by atoms with Crippen molar-refractivity contribution in [2.75, 3.05) is 31.5 Å². The highest BCUT2D eigenvalue weighted by atomic mass is 19.4. The lowest BCUT2D eigenvalue weighted by Crippen LogP contribution is -2.22. The molecule has 1 aromatic carbocycles. The number of likely N-dealkylation sites (tertiary alicyclic amines) is 1. The molecule has 178 valence electrons. The number of halogens is 3. The van der Waals surface area contributed by atoms with Crippen molar-refractivity contribution in [3.63, 3.8) is 0 Å². The van der Waals surface area contributed by atoms with Gasteiger partial charge in [-0.15, -0.1) is 0 Å². The molecule has 3 aromatic rings. The maximum absolute atomic E-state index is 12.8. The van der Waals surface area contributed by atoms with Crippen LogP contribution in [0.15, 0.2) is 59.7 Å². The summed E-state index contributed by atoms with van der Waals surface area (Å²) in [6.07, 6.45) is 2.66. The van der Waals surface area contributed by atoms with Gasteiger partial charge in [-0.25, -0.2) is 0 Å². The van der Waals surface area contributed by atoms with E-state index in [0.29, 0.717) is 16.8 Å². The van der Waals surface area contributed by atoms with Crippen LogP contribution in [0.25, 0.3) is 16.9 Å². The second-order valence-electron chi connectivity index (χ2n) is 8.30. The fourth-order valence-electron chi connectivity index (χ4n) is 4.10. The molecule has 4 rings (SSSR count). The molecule has 1 saturated heterocycles. The van der Waals surface area contributed by atoms with E-state index in [1.807, 2.05) is 6.07 Å². The van der Waals surface area contributed by atoms with Crippen LogP contribution in [0.1, 0.15) is 30.4 Å². The van der Waals surface area contributed by atoms with Gasteiger partial charge in [0.25, 0.3) is 5.56 Å². The van der Waals surface area contributed by atoms with Crippen molar-refractivity contribution in [2.24, 2.45) is 0 Å². The molecule has 1 fully saturated rings. The zero-order chi connectivity index (χ0) is 24.1. The van der Waals surface area contributed by atoms with Gasteiger partial charge in [0, 0.05) is 53.7 Å². The molecule has 1 aliphatic heterocycles. The summed E-state index contributed by atoms with van der Waals surface area (Å²) in [6, 6.07) is 10.6. The van der Waals surface area contributed by atoms with Crippen LogP contribution in [0.5, 0.6) is 0 Å². The number of nitrogens with zero attached hydrogens (tertiary/aromatic N) is 3. The normalized spacial score (nSPS) is 14.3. The summed E-state index contributed by atoms with van der Waals surface area (Å²) >= 11 is 0. The molecule has 6 nitrogen and oxygen atoms in total. The molecule has 0 unspecified atom stereocenters. The fourth-order valence-corrected chi connectivity index (χ4v) is 4.10. The first kappa shape index (κ1) is 23.7. The zero-order valence-electron chi connectivity index (χ0n) is 18.6. The molecule has 0 radical (unpaired) electrons. The van der Waals surface area contributed by atoms with Gasteiger partial charge in [-0.2, -0.15) is 13.2 Å². The number of benzene rings is 1.